The lowest BCUT2D eigenvalue weighted by atomic mass is 10.3. The first-order valence-corrected chi connectivity index (χ1v) is 4.50. The van der Waals surface area contributed by atoms with E-state index in [9.17, 15) is 4.79 Å². The molecule has 0 saturated carbocycles. The van der Waals surface area contributed by atoms with Gasteiger partial charge in [-0.05, 0) is 19.5 Å². The van der Waals surface area contributed by atoms with Crippen LogP contribution in [0.4, 0.5) is 0 Å². The molecule has 3 N–H and O–H groups in total. The molecule has 4 nitrogen and oxygen atoms in total. The summed E-state index contributed by atoms with van der Waals surface area (Å²) >= 11 is 0. The molecule has 0 aromatic heterocycles. The zero-order chi connectivity index (χ0) is 8.81. The highest BCUT2D eigenvalue weighted by atomic mass is 16.1. The van der Waals surface area contributed by atoms with Crippen LogP contribution in [0.1, 0.15) is 12.8 Å². The van der Waals surface area contributed by atoms with E-state index < -0.39 is 0 Å². The topological polar surface area (TPSA) is 58.4 Å². The maximum Gasteiger partial charge on any atom is 0.218 e. The zero-order valence-electron chi connectivity index (χ0n) is 7.38. The fraction of sp³-hybridized carbons (Fsp3) is 0.875. The number of rotatable bonds is 3. The lowest BCUT2D eigenvalue weighted by Gasteiger charge is -2.17. The van der Waals surface area contributed by atoms with Crippen LogP contribution in [-0.2, 0) is 4.79 Å². The summed E-state index contributed by atoms with van der Waals surface area (Å²) in [5.74, 6) is -0.202. The van der Waals surface area contributed by atoms with E-state index in [0.29, 0.717) is 6.42 Å². The molecule has 0 radical (unpaired) electrons. The smallest absolute Gasteiger partial charge is 0.218 e. The molecule has 70 valence electrons. The van der Waals surface area contributed by atoms with Crippen molar-refractivity contribution in [1.29, 1.82) is 0 Å². The zero-order valence-corrected chi connectivity index (χ0v) is 7.38. The lowest BCUT2D eigenvalue weighted by molar-refractivity contribution is -0.118. The van der Waals surface area contributed by atoms with E-state index in [4.69, 9.17) is 5.73 Å². The number of nitrogens with one attached hydrogen (secondary N) is 1. The van der Waals surface area contributed by atoms with Gasteiger partial charge in [-0.2, -0.15) is 0 Å². The molecule has 1 amide bonds. The molecule has 4 heteroatoms. The Morgan fingerprint density at radius 3 is 3.00 bits per heavy atom. The van der Waals surface area contributed by atoms with Crippen LogP contribution in [0.2, 0.25) is 0 Å². The van der Waals surface area contributed by atoms with E-state index in [2.05, 4.69) is 10.2 Å². The summed E-state index contributed by atoms with van der Waals surface area (Å²) in [6.07, 6.45) is 1.65. The Kier molecular flexibility index (Phi) is 4.04. The van der Waals surface area contributed by atoms with Crippen LogP contribution in [0, 0.1) is 0 Å². The summed E-state index contributed by atoms with van der Waals surface area (Å²) in [7, 11) is 0. The normalized spacial score (nSPS) is 20.3. The predicted octanol–water partition coefficient (Wildman–Crippen LogP) is -0.843. The molecule has 1 heterocycles. The number of nitrogens with two attached hydrogens (primary N) is 1. The lowest BCUT2D eigenvalue weighted by Crippen LogP contribution is -2.31. The minimum absolute atomic E-state index is 0.202. The van der Waals surface area contributed by atoms with E-state index in [-0.39, 0.29) is 5.91 Å². The van der Waals surface area contributed by atoms with Crippen LogP contribution in [-0.4, -0.2) is 43.5 Å². The van der Waals surface area contributed by atoms with Crippen molar-refractivity contribution >= 4 is 5.91 Å². The van der Waals surface area contributed by atoms with Gasteiger partial charge in [0.2, 0.25) is 5.91 Å². The van der Waals surface area contributed by atoms with Gasteiger partial charge in [0.15, 0.2) is 0 Å². The van der Waals surface area contributed by atoms with Gasteiger partial charge in [0.05, 0.1) is 0 Å². The van der Waals surface area contributed by atoms with Crippen LogP contribution >= 0.6 is 0 Å². The van der Waals surface area contributed by atoms with Crippen molar-refractivity contribution in [2.75, 3.05) is 32.7 Å². The van der Waals surface area contributed by atoms with E-state index in [0.717, 1.165) is 32.7 Å². The van der Waals surface area contributed by atoms with E-state index in [1.807, 2.05) is 0 Å². The molecule has 12 heavy (non-hydrogen) atoms. The van der Waals surface area contributed by atoms with Gasteiger partial charge in [0.1, 0.15) is 0 Å². The monoisotopic (exact) mass is 171 g/mol. The molecule has 0 aromatic carbocycles. The van der Waals surface area contributed by atoms with Crippen molar-refractivity contribution in [3.63, 3.8) is 0 Å². The van der Waals surface area contributed by atoms with Crippen LogP contribution in [0.5, 0.6) is 0 Å². The minimum Gasteiger partial charge on any atom is -0.370 e. The summed E-state index contributed by atoms with van der Waals surface area (Å²) in [5, 5.41) is 3.31. The highest BCUT2D eigenvalue weighted by molar-refractivity contribution is 5.73. The molecule has 1 aliphatic heterocycles. The van der Waals surface area contributed by atoms with Crippen molar-refractivity contribution in [2.24, 2.45) is 5.73 Å². The Hall–Kier alpha value is -0.610. The van der Waals surface area contributed by atoms with Crippen LogP contribution in [0.15, 0.2) is 0 Å². The Morgan fingerprint density at radius 2 is 2.25 bits per heavy atom. The highest BCUT2D eigenvalue weighted by Crippen LogP contribution is 1.95. The highest BCUT2D eigenvalue weighted by Gasteiger charge is 2.08. The minimum atomic E-state index is -0.202. The predicted molar refractivity (Wildman–Crippen MR) is 47.7 cm³/mol. The summed E-state index contributed by atoms with van der Waals surface area (Å²) in [6, 6.07) is 0. The molecule has 1 fully saturated rings. The second kappa shape index (κ2) is 5.11. The van der Waals surface area contributed by atoms with Crippen LogP contribution in [0.25, 0.3) is 0 Å². The maximum absolute atomic E-state index is 10.5. The number of hydrogen-bond donors (Lipinski definition) is 2. The molecular formula is C8H17N3O. The van der Waals surface area contributed by atoms with Crippen molar-refractivity contribution in [2.45, 2.75) is 12.8 Å². The van der Waals surface area contributed by atoms with Crippen molar-refractivity contribution in [3.05, 3.63) is 0 Å². The van der Waals surface area contributed by atoms with Gasteiger partial charge in [-0.15, -0.1) is 0 Å². The number of nitrogens with zero attached hydrogens (tertiary/aromatic N) is 1. The van der Waals surface area contributed by atoms with Gasteiger partial charge in [-0.25, -0.2) is 0 Å². The van der Waals surface area contributed by atoms with Gasteiger partial charge >= 0.3 is 0 Å². The first-order valence-electron chi connectivity index (χ1n) is 4.50. The van der Waals surface area contributed by atoms with Crippen LogP contribution in [0.3, 0.4) is 0 Å². The number of primary amides is 1. The second-order valence-electron chi connectivity index (χ2n) is 3.16. The Morgan fingerprint density at radius 1 is 1.42 bits per heavy atom. The summed E-state index contributed by atoms with van der Waals surface area (Å²) in [4.78, 5) is 12.8. The molecule has 0 unspecified atom stereocenters. The average Bonchev–Trinajstić information content (AvgIpc) is 2.28. The quantitative estimate of drug-likeness (QED) is 0.582. The van der Waals surface area contributed by atoms with Gasteiger partial charge in [-0.1, -0.05) is 0 Å². The fourth-order valence-electron chi connectivity index (χ4n) is 1.39. The molecule has 1 rings (SSSR count). The second-order valence-corrected chi connectivity index (χ2v) is 3.16. The molecule has 0 aliphatic carbocycles. The molecule has 0 aromatic rings. The number of carbonyl (C=O) groups is 1. The summed E-state index contributed by atoms with van der Waals surface area (Å²) in [5.41, 5.74) is 5.07. The fourth-order valence-corrected chi connectivity index (χ4v) is 1.39. The first kappa shape index (κ1) is 9.48. The molecule has 0 bridgehead atoms. The third-order valence-electron chi connectivity index (χ3n) is 2.11. The third-order valence-corrected chi connectivity index (χ3v) is 2.11. The van der Waals surface area contributed by atoms with Crippen molar-refractivity contribution in [3.8, 4) is 0 Å². The molecule has 1 aliphatic rings. The number of carbonyl (C=O) groups excluding carboxylic acids is 1. The van der Waals surface area contributed by atoms with Crippen LogP contribution < -0.4 is 11.1 Å². The van der Waals surface area contributed by atoms with Gasteiger partial charge in [0.25, 0.3) is 0 Å². The third kappa shape index (κ3) is 3.69. The largest absolute Gasteiger partial charge is 0.370 e. The average molecular weight is 171 g/mol. The summed E-state index contributed by atoms with van der Waals surface area (Å²) < 4.78 is 0. The first-order chi connectivity index (χ1) is 5.79. The van der Waals surface area contributed by atoms with Gasteiger partial charge < -0.3 is 16.0 Å². The number of amides is 1. The van der Waals surface area contributed by atoms with E-state index in [1.165, 1.54) is 6.42 Å². The Labute approximate surface area is 73.1 Å². The standard InChI is InChI=1S/C8H17N3O/c9-8(12)2-6-11-5-1-3-10-4-7-11/h10H,1-7H2,(H2,9,12). The molecule has 0 spiro atoms. The van der Waals surface area contributed by atoms with E-state index in [1.54, 1.807) is 0 Å². The molecule has 0 atom stereocenters. The Bertz CT molecular complexity index is 141. The summed E-state index contributed by atoms with van der Waals surface area (Å²) in [6.45, 7) is 5.05. The van der Waals surface area contributed by atoms with Gasteiger partial charge in [-0.3, -0.25) is 4.79 Å². The van der Waals surface area contributed by atoms with Gasteiger partial charge in [0, 0.05) is 26.1 Å². The maximum atomic E-state index is 10.5. The van der Waals surface area contributed by atoms with Crippen molar-refractivity contribution in [1.82, 2.24) is 10.2 Å². The molecular weight excluding hydrogens is 154 g/mol. The number of hydrogen-bond acceptors (Lipinski definition) is 3. The Balaban J connectivity index is 2.16. The molecule has 1 saturated heterocycles. The van der Waals surface area contributed by atoms with Crippen molar-refractivity contribution < 1.29 is 4.79 Å². The SMILES string of the molecule is NC(=O)CCN1CCCNCC1. The van der Waals surface area contributed by atoms with E-state index >= 15 is 0 Å².